The van der Waals surface area contributed by atoms with Gasteiger partial charge in [-0.2, -0.15) is 13.2 Å². The predicted octanol–water partition coefficient (Wildman–Crippen LogP) is 4.28. The van der Waals surface area contributed by atoms with E-state index in [1.54, 1.807) is 18.5 Å². The molecule has 2 N–H and O–H groups in total. The number of nitro groups is 1. The molecule has 0 bridgehead atoms. The van der Waals surface area contributed by atoms with Gasteiger partial charge in [-0.3, -0.25) is 10.1 Å². The van der Waals surface area contributed by atoms with Crippen LogP contribution in [0.5, 0.6) is 11.5 Å². The number of anilines is 1. The van der Waals surface area contributed by atoms with Gasteiger partial charge in [0.25, 0.3) is 0 Å². The van der Waals surface area contributed by atoms with Crippen molar-refractivity contribution in [3.05, 3.63) is 70.5 Å². The third-order valence-corrected chi connectivity index (χ3v) is 5.87. The van der Waals surface area contributed by atoms with E-state index >= 15 is 0 Å². The standard InChI is InChI=1S/C23H25F3N4O4/c24-23(25,26)17-1-4-19(5-2-17)33-14-16-7-11-29(12-8-16)18-3-6-21(20(13-18)30(31)32)34-15-22-27-9-10-28-22/h1-6,9-10,13,16,22,27-28H,7-8,11-12,14-15H2. The van der Waals surface area contributed by atoms with Gasteiger partial charge < -0.3 is 25.0 Å². The maximum absolute atomic E-state index is 12.7. The molecule has 0 unspecified atom stereocenters. The van der Waals surface area contributed by atoms with Crippen LogP contribution in [0.25, 0.3) is 0 Å². The molecular formula is C23H25F3N4O4. The fraction of sp³-hybridized carbons (Fsp3) is 0.391. The summed E-state index contributed by atoms with van der Waals surface area (Å²) in [5.41, 5.74) is -0.0429. The maximum Gasteiger partial charge on any atom is 0.416 e. The molecule has 0 saturated carbocycles. The molecule has 0 amide bonds. The summed E-state index contributed by atoms with van der Waals surface area (Å²) in [7, 11) is 0. The molecule has 1 fully saturated rings. The van der Waals surface area contributed by atoms with Gasteiger partial charge in [0.2, 0.25) is 0 Å². The van der Waals surface area contributed by atoms with E-state index in [0.717, 1.165) is 30.7 Å². The lowest BCUT2D eigenvalue weighted by molar-refractivity contribution is -0.385. The predicted molar refractivity (Wildman–Crippen MR) is 120 cm³/mol. The Morgan fingerprint density at radius 3 is 2.29 bits per heavy atom. The van der Waals surface area contributed by atoms with Crippen molar-refractivity contribution in [1.82, 2.24) is 10.6 Å². The van der Waals surface area contributed by atoms with E-state index in [9.17, 15) is 23.3 Å². The second-order valence-electron chi connectivity index (χ2n) is 8.20. The second-order valence-corrected chi connectivity index (χ2v) is 8.20. The van der Waals surface area contributed by atoms with Crippen LogP contribution in [0.15, 0.2) is 54.9 Å². The molecule has 182 valence electrons. The number of nitro benzene ring substituents is 1. The van der Waals surface area contributed by atoms with Crippen molar-refractivity contribution >= 4 is 11.4 Å². The first-order valence-electron chi connectivity index (χ1n) is 10.9. The summed E-state index contributed by atoms with van der Waals surface area (Å²) in [5.74, 6) is 0.862. The summed E-state index contributed by atoms with van der Waals surface area (Å²) < 4.78 is 49.3. The van der Waals surface area contributed by atoms with Crippen LogP contribution in [0.2, 0.25) is 0 Å². The Kier molecular flexibility index (Phi) is 6.99. The van der Waals surface area contributed by atoms with E-state index in [-0.39, 0.29) is 30.1 Å². The highest BCUT2D eigenvalue weighted by Gasteiger charge is 2.30. The van der Waals surface area contributed by atoms with Crippen molar-refractivity contribution in [3.63, 3.8) is 0 Å². The van der Waals surface area contributed by atoms with Crippen LogP contribution >= 0.6 is 0 Å². The van der Waals surface area contributed by atoms with Crippen LogP contribution in [0.3, 0.4) is 0 Å². The van der Waals surface area contributed by atoms with Gasteiger partial charge in [0.15, 0.2) is 5.75 Å². The molecule has 2 heterocycles. The van der Waals surface area contributed by atoms with Crippen LogP contribution in [-0.4, -0.2) is 37.4 Å². The SMILES string of the molecule is O=[N+]([O-])c1cc(N2CCC(COc3ccc(C(F)(F)F)cc3)CC2)ccc1OCC1NC=CN1. The van der Waals surface area contributed by atoms with Gasteiger partial charge in [0, 0.05) is 37.2 Å². The van der Waals surface area contributed by atoms with Gasteiger partial charge in [-0.1, -0.05) is 0 Å². The van der Waals surface area contributed by atoms with E-state index in [1.165, 1.54) is 18.2 Å². The first kappa shape index (κ1) is 23.5. The lowest BCUT2D eigenvalue weighted by atomic mass is 9.97. The average molecular weight is 478 g/mol. The van der Waals surface area contributed by atoms with Gasteiger partial charge in [-0.25, -0.2) is 0 Å². The quantitative estimate of drug-likeness (QED) is 0.433. The molecule has 0 radical (unpaired) electrons. The van der Waals surface area contributed by atoms with E-state index in [2.05, 4.69) is 15.5 Å². The molecule has 0 aliphatic carbocycles. The zero-order chi connectivity index (χ0) is 24.1. The minimum atomic E-state index is -4.37. The highest BCUT2D eigenvalue weighted by atomic mass is 19.4. The number of piperidine rings is 1. The third-order valence-electron chi connectivity index (χ3n) is 5.87. The van der Waals surface area contributed by atoms with Gasteiger partial charge in [0.1, 0.15) is 18.5 Å². The molecule has 0 spiro atoms. The van der Waals surface area contributed by atoms with E-state index in [1.807, 2.05) is 6.07 Å². The molecule has 2 aliphatic heterocycles. The van der Waals surface area contributed by atoms with Crippen LogP contribution in [0, 0.1) is 16.0 Å². The lowest BCUT2D eigenvalue weighted by Gasteiger charge is -2.33. The van der Waals surface area contributed by atoms with Crippen LogP contribution in [0.4, 0.5) is 24.5 Å². The minimum absolute atomic E-state index is 0.0868. The van der Waals surface area contributed by atoms with Crippen LogP contribution < -0.4 is 25.0 Å². The lowest BCUT2D eigenvalue weighted by Crippen LogP contribution is -2.36. The zero-order valence-corrected chi connectivity index (χ0v) is 18.3. The normalized spacial score (nSPS) is 16.7. The molecule has 0 atom stereocenters. The number of hydrogen-bond acceptors (Lipinski definition) is 7. The Hall–Kier alpha value is -3.63. The monoisotopic (exact) mass is 478 g/mol. The smallest absolute Gasteiger partial charge is 0.416 e. The van der Waals surface area contributed by atoms with Crippen molar-refractivity contribution in [2.24, 2.45) is 5.92 Å². The summed E-state index contributed by atoms with van der Waals surface area (Å²) in [6.45, 7) is 2.03. The average Bonchev–Trinajstić information content (AvgIpc) is 3.35. The van der Waals surface area contributed by atoms with Gasteiger partial charge >= 0.3 is 11.9 Å². The maximum atomic E-state index is 12.7. The number of alkyl halides is 3. The van der Waals surface area contributed by atoms with Crippen molar-refractivity contribution in [3.8, 4) is 11.5 Å². The molecule has 11 heteroatoms. The molecule has 8 nitrogen and oxygen atoms in total. The van der Waals surface area contributed by atoms with E-state index < -0.39 is 16.7 Å². The Morgan fingerprint density at radius 2 is 1.68 bits per heavy atom. The first-order chi connectivity index (χ1) is 16.3. The highest BCUT2D eigenvalue weighted by molar-refractivity contribution is 5.60. The Labute approximate surface area is 194 Å². The molecular weight excluding hydrogens is 453 g/mol. The number of ether oxygens (including phenoxy) is 2. The number of benzene rings is 2. The second kappa shape index (κ2) is 10.1. The number of halogens is 3. The zero-order valence-electron chi connectivity index (χ0n) is 18.3. The van der Waals surface area contributed by atoms with Crippen LogP contribution in [0.1, 0.15) is 18.4 Å². The van der Waals surface area contributed by atoms with Crippen molar-refractivity contribution < 1.29 is 27.6 Å². The Balaban J connectivity index is 1.29. The molecule has 2 aliphatic rings. The summed E-state index contributed by atoms with van der Waals surface area (Å²) >= 11 is 0. The van der Waals surface area contributed by atoms with Crippen molar-refractivity contribution in [1.29, 1.82) is 0 Å². The van der Waals surface area contributed by atoms with Gasteiger partial charge in [-0.15, -0.1) is 0 Å². The molecule has 2 aromatic rings. The Bertz CT molecular complexity index is 1010. The fourth-order valence-corrected chi connectivity index (χ4v) is 3.93. The van der Waals surface area contributed by atoms with E-state index in [0.29, 0.717) is 25.4 Å². The van der Waals surface area contributed by atoms with Gasteiger partial charge in [0.05, 0.1) is 17.1 Å². The first-order valence-corrected chi connectivity index (χ1v) is 10.9. The topological polar surface area (TPSA) is 88.9 Å². The highest BCUT2D eigenvalue weighted by Crippen LogP contribution is 2.34. The van der Waals surface area contributed by atoms with E-state index in [4.69, 9.17) is 9.47 Å². The Morgan fingerprint density at radius 1 is 1.00 bits per heavy atom. The number of nitrogens with zero attached hydrogens (tertiary/aromatic N) is 2. The van der Waals surface area contributed by atoms with Crippen molar-refractivity contribution in [2.75, 3.05) is 31.2 Å². The van der Waals surface area contributed by atoms with Gasteiger partial charge in [-0.05, 0) is 55.2 Å². The number of nitrogens with one attached hydrogen (secondary N) is 2. The molecule has 0 aromatic heterocycles. The summed E-state index contributed by atoms with van der Waals surface area (Å²) in [5, 5.41) is 17.6. The largest absolute Gasteiger partial charge is 0.493 e. The van der Waals surface area contributed by atoms with Crippen LogP contribution in [-0.2, 0) is 6.18 Å². The number of hydrogen-bond donors (Lipinski definition) is 2. The minimum Gasteiger partial charge on any atom is -0.493 e. The fourth-order valence-electron chi connectivity index (χ4n) is 3.93. The summed E-state index contributed by atoms with van der Waals surface area (Å²) in [6.07, 6.45) is 0.584. The summed E-state index contributed by atoms with van der Waals surface area (Å²) in [6, 6.07) is 9.64. The molecule has 2 aromatic carbocycles. The summed E-state index contributed by atoms with van der Waals surface area (Å²) in [4.78, 5) is 13.2. The molecule has 1 saturated heterocycles. The van der Waals surface area contributed by atoms with Crippen molar-refractivity contribution in [2.45, 2.75) is 25.2 Å². The molecule has 4 rings (SSSR count). The third kappa shape index (κ3) is 5.83. The number of rotatable bonds is 8. The molecule has 34 heavy (non-hydrogen) atoms.